The summed E-state index contributed by atoms with van der Waals surface area (Å²) in [6.07, 6.45) is 1.54. The first-order valence-electron chi connectivity index (χ1n) is 5.69. The van der Waals surface area contributed by atoms with Gasteiger partial charge in [0.2, 0.25) is 0 Å². The van der Waals surface area contributed by atoms with Gasteiger partial charge < -0.3 is 4.74 Å². The van der Waals surface area contributed by atoms with Crippen molar-refractivity contribution in [3.8, 4) is 0 Å². The van der Waals surface area contributed by atoms with Gasteiger partial charge in [0, 0.05) is 0 Å². The third-order valence-electron chi connectivity index (χ3n) is 2.58. The van der Waals surface area contributed by atoms with E-state index in [1.54, 1.807) is 0 Å². The number of rotatable bonds is 7. The molecule has 0 aromatic heterocycles. The summed E-state index contributed by atoms with van der Waals surface area (Å²) in [6.45, 7) is 12.0. The maximum absolute atomic E-state index is 5.82. The molecule has 0 aromatic carbocycles. The lowest BCUT2D eigenvalue weighted by Gasteiger charge is -2.22. The lowest BCUT2D eigenvalue weighted by molar-refractivity contribution is 0.0240. The molecule has 14 heavy (non-hydrogen) atoms. The van der Waals surface area contributed by atoms with Crippen molar-refractivity contribution in [1.29, 1.82) is 0 Å². The van der Waals surface area contributed by atoms with Crippen LogP contribution in [0.25, 0.3) is 0 Å². The standard InChI is InChI=1S/C12H26OS/c1-9(2)6-11(5)13-7-12(8-14)10(3)4/h9-12,14H,6-8H2,1-5H3. The van der Waals surface area contributed by atoms with E-state index in [1.807, 2.05) is 0 Å². The Bertz CT molecular complexity index is 134. The van der Waals surface area contributed by atoms with Crippen molar-refractivity contribution in [2.75, 3.05) is 12.4 Å². The van der Waals surface area contributed by atoms with Crippen LogP contribution in [0.15, 0.2) is 0 Å². The Kier molecular flexibility index (Phi) is 7.75. The van der Waals surface area contributed by atoms with Crippen LogP contribution in [0.5, 0.6) is 0 Å². The van der Waals surface area contributed by atoms with E-state index < -0.39 is 0 Å². The number of ether oxygens (including phenoxy) is 1. The molecule has 1 nitrogen and oxygen atoms in total. The Morgan fingerprint density at radius 1 is 1.07 bits per heavy atom. The smallest absolute Gasteiger partial charge is 0.0549 e. The molecule has 0 saturated carbocycles. The molecule has 0 saturated heterocycles. The van der Waals surface area contributed by atoms with Crippen LogP contribution in [0.3, 0.4) is 0 Å². The van der Waals surface area contributed by atoms with E-state index in [-0.39, 0.29) is 0 Å². The predicted octanol–water partition coefficient (Wildman–Crippen LogP) is 3.64. The van der Waals surface area contributed by atoms with Crippen LogP contribution in [-0.2, 0) is 4.74 Å². The number of hydrogen-bond acceptors (Lipinski definition) is 2. The van der Waals surface area contributed by atoms with Crippen LogP contribution >= 0.6 is 12.6 Å². The summed E-state index contributed by atoms with van der Waals surface area (Å²) >= 11 is 4.35. The molecule has 0 aromatic rings. The molecule has 0 aliphatic carbocycles. The van der Waals surface area contributed by atoms with Gasteiger partial charge in [-0.05, 0) is 36.9 Å². The molecule has 2 unspecified atom stereocenters. The van der Waals surface area contributed by atoms with Gasteiger partial charge in [-0.25, -0.2) is 0 Å². The molecule has 0 aliphatic rings. The van der Waals surface area contributed by atoms with Gasteiger partial charge in [0.15, 0.2) is 0 Å². The fourth-order valence-electron chi connectivity index (χ4n) is 1.48. The van der Waals surface area contributed by atoms with Gasteiger partial charge in [0.1, 0.15) is 0 Å². The van der Waals surface area contributed by atoms with Crippen molar-refractivity contribution < 1.29 is 4.74 Å². The monoisotopic (exact) mass is 218 g/mol. The van der Waals surface area contributed by atoms with Crippen molar-refractivity contribution in [2.45, 2.75) is 47.1 Å². The van der Waals surface area contributed by atoms with Crippen LogP contribution in [-0.4, -0.2) is 18.5 Å². The summed E-state index contributed by atoms with van der Waals surface area (Å²) in [7, 11) is 0. The molecular weight excluding hydrogens is 192 g/mol. The summed E-state index contributed by atoms with van der Waals surface area (Å²) in [5, 5.41) is 0. The quantitative estimate of drug-likeness (QED) is 0.642. The van der Waals surface area contributed by atoms with Crippen LogP contribution in [0.4, 0.5) is 0 Å². The maximum Gasteiger partial charge on any atom is 0.0549 e. The summed E-state index contributed by atoms with van der Waals surface area (Å²) < 4.78 is 5.82. The van der Waals surface area contributed by atoms with Crippen molar-refractivity contribution in [2.24, 2.45) is 17.8 Å². The minimum Gasteiger partial charge on any atom is -0.378 e. The molecule has 2 heteroatoms. The van der Waals surface area contributed by atoms with E-state index in [1.165, 1.54) is 0 Å². The second-order valence-corrected chi connectivity index (χ2v) is 5.33. The minimum atomic E-state index is 0.385. The largest absolute Gasteiger partial charge is 0.378 e. The number of hydrogen-bond donors (Lipinski definition) is 1. The average Bonchev–Trinajstić information content (AvgIpc) is 2.03. The van der Waals surface area contributed by atoms with Gasteiger partial charge in [-0.3, -0.25) is 0 Å². The van der Waals surface area contributed by atoms with E-state index in [2.05, 4.69) is 47.2 Å². The molecule has 0 rings (SSSR count). The van der Waals surface area contributed by atoms with E-state index in [0.717, 1.165) is 24.7 Å². The zero-order valence-electron chi connectivity index (χ0n) is 10.3. The molecule has 0 aliphatic heterocycles. The summed E-state index contributed by atoms with van der Waals surface area (Å²) in [5.74, 6) is 2.90. The number of thiol groups is 1. The first kappa shape index (κ1) is 14.3. The molecule has 0 amide bonds. The Labute approximate surface area is 95.0 Å². The maximum atomic E-state index is 5.82. The van der Waals surface area contributed by atoms with E-state index >= 15 is 0 Å². The molecular formula is C12H26OS. The van der Waals surface area contributed by atoms with Crippen LogP contribution < -0.4 is 0 Å². The molecule has 86 valence electrons. The second kappa shape index (κ2) is 7.58. The normalized spacial score (nSPS) is 16.3. The van der Waals surface area contributed by atoms with Crippen molar-refractivity contribution in [1.82, 2.24) is 0 Å². The molecule has 0 fully saturated rings. The van der Waals surface area contributed by atoms with Gasteiger partial charge in [-0.15, -0.1) is 0 Å². The van der Waals surface area contributed by atoms with Gasteiger partial charge >= 0.3 is 0 Å². The van der Waals surface area contributed by atoms with E-state index in [4.69, 9.17) is 4.74 Å². The molecule has 0 spiro atoms. The first-order valence-corrected chi connectivity index (χ1v) is 6.33. The molecule has 0 N–H and O–H groups in total. The Morgan fingerprint density at radius 2 is 1.64 bits per heavy atom. The lowest BCUT2D eigenvalue weighted by Crippen LogP contribution is -2.22. The molecule has 0 heterocycles. The van der Waals surface area contributed by atoms with Crippen molar-refractivity contribution >= 4 is 12.6 Å². The van der Waals surface area contributed by atoms with E-state index in [9.17, 15) is 0 Å². The Hall–Kier alpha value is 0.310. The highest BCUT2D eigenvalue weighted by atomic mass is 32.1. The van der Waals surface area contributed by atoms with Gasteiger partial charge in [0.05, 0.1) is 12.7 Å². The minimum absolute atomic E-state index is 0.385. The predicted molar refractivity (Wildman–Crippen MR) is 67.1 cm³/mol. The summed E-state index contributed by atoms with van der Waals surface area (Å²) in [5.41, 5.74) is 0. The first-order chi connectivity index (χ1) is 6.47. The molecule has 2 atom stereocenters. The highest BCUT2D eigenvalue weighted by Gasteiger charge is 2.13. The lowest BCUT2D eigenvalue weighted by atomic mass is 9.99. The second-order valence-electron chi connectivity index (χ2n) is 4.96. The van der Waals surface area contributed by atoms with Gasteiger partial charge in [-0.1, -0.05) is 27.7 Å². The SMILES string of the molecule is CC(C)CC(C)OCC(CS)C(C)C. The zero-order valence-corrected chi connectivity index (χ0v) is 11.2. The van der Waals surface area contributed by atoms with Crippen LogP contribution in [0.1, 0.15) is 41.0 Å². The third-order valence-corrected chi connectivity index (χ3v) is 3.04. The van der Waals surface area contributed by atoms with Crippen LogP contribution in [0, 0.1) is 17.8 Å². The Balaban J connectivity index is 3.68. The Morgan fingerprint density at radius 3 is 2.00 bits per heavy atom. The molecule has 0 bridgehead atoms. The fraction of sp³-hybridized carbons (Fsp3) is 1.00. The fourth-order valence-corrected chi connectivity index (χ4v) is 2.00. The van der Waals surface area contributed by atoms with Gasteiger partial charge in [0.25, 0.3) is 0 Å². The third kappa shape index (κ3) is 6.72. The van der Waals surface area contributed by atoms with Crippen molar-refractivity contribution in [3.05, 3.63) is 0 Å². The van der Waals surface area contributed by atoms with Gasteiger partial charge in [-0.2, -0.15) is 12.6 Å². The summed E-state index contributed by atoms with van der Waals surface area (Å²) in [4.78, 5) is 0. The highest BCUT2D eigenvalue weighted by Crippen LogP contribution is 2.15. The molecule has 0 radical (unpaired) electrons. The van der Waals surface area contributed by atoms with E-state index in [0.29, 0.717) is 17.9 Å². The highest BCUT2D eigenvalue weighted by molar-refractivity contribution is 7.80. The summed E-state index contributed by atoms with van der Waals surface area (Å²) in [6, 6.07) is 0. The zero-order chi connectivity index (χ0) is 11.1. The van der Waals surface area contributed by atoms with Crippen molar-refractivity contribution in [3.63, 3.8) is 0 Å². The topological polar surface area (TPSA) is 9.23 Å². The average molecular weight is 218 g/mol. The van der Waals surface area contributed by atoms with Crippen LogP contribution in [0.2, 0.25) is 0 Å².